The molecule has 1 aliphatic carbocycles. The second kappa shape index (κ2) is 5.38. The van der Waals surface area contributed by atoms with E-state index >= 15 is 0 Å². The van der Waals surface area contributed by atoms with E-state index in [2.05, 4.69) is 0 Å². The van der Waals surface area contributed by atoms with Gasteiger partial charge >= 0.3 is 5.97 Å². The molecule has 0 radical (unpaired) electrons. The summed E-state index contributed by atoms with van der Waals surface area (Å²) in [5.41, 5.74) is -1.17. The van der Waals surface area contributed by atoms with Crippen molar-refractivity contribution in [1.29, 1.82) is 0 Å². The summed E-state index contributed by atoms with van der Waals surface area (Å²) >= 11 is 0. The van der Waals surface area contributed by atoms with Crippen molar-refractivity contribution in [1.82, 2.24) is 0 Å². The third kappa shape index (κ3) is 2.44. The second-order valence-electron chi connectivity index (χ2n) is 5.18. The molecule has 2 rings (SSSR count). The summed E-state index contributed by atoms with van der Waals surface area (Å²) in [7, 11) is -2.27. The van der Waals surface area contributed by atoms with Gasteiger partial charge in [-0.05, 0) is 17.7 Å². The fourth-order valence-electron chi connectivity index (χ4n) is 3.01. The van der Waals surface area contributed by atoms with Gasteiger partial charge in [0.25, 0.3) is 0 Å². The molecule has 1 aromatic rings. The number of hydrogen-bond acceptors (Lipinski definition) is 4. The standard InChI is InChI=1S/C14H17FO5S/c1-3-21(18,19)12-11(9-5-4-6-10(15)7-9)14(12,8-20-2)13(16)17/h4-7,11-12H,3,8H2,1-2H3,(H,16,17)/t11-,12-,14-/m1/s1. The van der Waals surface area contributed by atoms with E-state index in [4.69, 9.17) is 4.74 Å². The van der Waals surface area contributed by atoms with Crippen LogP contribution in [0.2, 0.25) is 0 Å². The Morgan fingerprint density at radius 3 is 2.62 bits per heavy atom. The molecule has 0 unspecified atom stereocenters. The summed E-state index contributed by atoms with van der Waals surface area (Å²) in [6.07, 6.45) is 0. The topological polar surface area (TPSA) is 80.7 Å². The molecule has 1 saturated carbocycles. The molecule has 0 spiro atoms. The zero-order valence-corrected chi connectivity index (χ0v) is 12.6. The molecule has 5 nitrogen and oxygen atoms in total. The first-order valence-electron chi connectivity index (χ1n) is 6.50. The number of halogens is 1. The smallest absolute Gasteiger partial charge is 0.314 e. The van der Waals surface area contributed by atoms with Gasteiger partial charge in [0.1, 0.15) is 11.2 Å². The van der Waals surface area contributed by atoms with Gasteiger partial charge in [-0.3, -0.25) is 4.79 Å². The fourth-order valence-corrected chi connectivity index (χ4v) is 5.06. The van der Waals surface area contributed by atoms with E-state index in [1.807, 2.05) is 0 Å². The van der Waals surface area contributed by atoms with Crippen molar-refractivity contribution in [3.8, 4) is 0 Å². The Kier molecular flexibility index (Phi) is 4.08. The Morgan fingerprint density at radius 1 is 1.48 bits per heavy atom. The summed E-state index contributed by atoms with van der Waals surface area (Å²) < 4.78 is 42.7. The van der Waals surface area contributed by atoms with Gasteiger partial charge in [0.2, 0.25) is 0 Å². The molecule has 7 heteroatoms. The highest BCUT2D eigenvalue weighted by Crippen LogP contribution is 2.63. The zero-order valence-electron chi connectivity index (χ0n) is 11.7. The molecule has 0 bridgehead atoms. The van der Waals surface area contributed by atoms with Crippen LogP contribution in [0.4, 0.5) is 4.39 Å². The Hall–Kier alpha value is -1.47. The minimum absolute atomic E-state index is 0.164. The van der Waals surface area contributed by atoms with E-state index in [1.165, 1.54) is 32.2 Å². The van der Waals surface area contributed by atoms with Crippen molar-refractivity contribution in [3.05, 3.63) is 35.6 Å². The third-order valence-electron chi connectivity index (χ3n) is 4.03. The first-order chi connectivity index (χ1) is 9.81. The SMILES string of the molecule is CCS(=O)(=O)[C@@H]1[C@@H](c2cccc(F)c2)[C@@]1(COC)C(=O)O. The Balaban J connectivity index is 2.54. The van der Waals surface area contributed by atoms with Crippen molar-refractivity contribution in [2.75, 3.05) is 19.5 Å². The van der Waals surface area contributed by atoms with Gasteiger partial charge in [-0.15, -0.1) is 0 Å². The van der Waals surface area contributed by atoms with Crippen molar-refractivity contribution >= 4 is 15.8 Å². The Bertz CT molecular complexity index is 657. The molecule has 0 saturated heterocycles. The van der Waals surface area contributed by atoms with Gasteiger partial charge in [0.05, 0.1) is 11.9 Å². The molecule has 0 aliphatic heterocycles. The number of carboxylic acids is 1. The number of benzene rings is 1. The van der Waals surface area contributed by atoms with Gasteiger partial charge in [-0.2, -0.15) is 0 Å². The number of sulfone groups is 1. The van der Waals surface area contributed by atoms with Crippen molar-refractivity contribution in [3.63, 3.8) is 0 Å². The predicted octanol–water partition coefficient (Wildman–Crippen LogP) is 1.44. The molecular formula is C14H17FO5S. The van der Waals surface area contributed by atoms with Crippen LogP contribution in [0.25, 0.3) is 0 Å². The van der Waals surface area contributed by atoms with Gasteiger partial charge in [-0.25, -0.2) is 12.8 Å². The van der Waals surface area contributed by atoms with Gasteiger partial charge in [0.15, 0.2) is 9.84 Å². The number of methoxy groups -OCH3 is 1. The van der Waals surface area contributed by atoms with E-state index in [0.29, 0.717) is 5.56 Å². The summed E-state index contributed by atoms with van der Waals surface area (Å²) in [5.74, 6) is -2.72. The first-order valence-corrected chi connectivity index (χ1v) is 8.22. The van der Waals surface area contributed by atoms with E-state index < -0.39 is 38.2 Å². The fraction of sp³-hybridized carbons (Fsp3) is 0.500. The summed E-state index contributed by atoms with van der Waals surface area (Å²) in [4.78, 5) is 11.7. The minimum Gasteiger partial charge on any atom is -0.481 e. The minimum atomic E-state index is -3.59. The van der Waals surface area contributed by atoms with Gasteiger partial charge < -0.3 is 9.84 Å². The molecule has 116 valence electrons. The Morgan fingerprint density at radius 2 is 2.14 bits per heavy atom. The predicted molar refractivity (Wildman–Crippen MR) is 74.3 cm³/mol. The number of carbonyl (C=O) groups is 1. The molecular weight excluding hydrogens is 299 g/mol. The lowest BCUT2D eigenvalue weighted by Crippen LogP contribution is -2.29. The lowest BCUT2D eigenvalue weighted by atomic mass is 10.00. The van der Waals surface area contributed by atoms with E-state index in [0.717, 1.165) is 0 Å². The van der Waals surface area contributed by atoms with Crippen LogP contribution in [0.1, 0.15) is 18.4 Å². The highest BCUT2D eigenvalue weighted by atomic mass is 32.2. The number of rotatable bonds is 6. The third-order valence-corrected chi connectivity index (χ3v) is 6.31. The van der Waals surface area contributed by atoms with Crippen LogP contribution in [0, 0.1) is 11.2 Å². The largest absolute Gasteiger partial charge is 0.481 e. The number of carboxylic acid groups (broad SMARTS) is 1. The van der Waals surface area contributed by atoms with Crippen molar-refractivity contribution in [2.45, 2.75) is 18.1 Å². The number of hydrogen-bond donors (Lipinski definition) is 1. The monoisotopic (exact) mass is 316 g/mol. The molecule has 0 heterocycles. The summed E-state index contributed by atoms with van der Waals surface area (Å²) in [5, 5.41) is 8.44. The van der Waals surface area contributed by atoms with Crippen LogP contribution in [0.3, 0.4) is 0 Å². The molecule has 3 atom stereocenters. The number of ether oxygens (including phenoxy) is 1. The number of aliphatic carboxylic acids is 1. The lowest BCUT2D eigenvalue weighted by Gasteiger charge is -2.11. The first kappa shape index (κ1) is 15.9. The van der Waals surface area contributed by atoms with Crippen molar-refractivity contribution < 1.29 is 27.4 Å². The summed E-state index contributed by atoms with van der Waals surface area (Å²) in [6.45, 7) is 1.24. The molecule has 1 aliphatic rings. The van der Waals surface area contributed by atoms with Crippen LogP contribution in [0.15, 0.2) is 24.3 Å². The van der Waals surface area contributed by atoms with Gasteiger partial charge in [0, 0.05) is 18.8 Å². The molecule has 21 heavy (non-hydrogen) atoms. The Labute approximate surface area is 122 Å². The van der Waals surface area contributed by atoms with Crippen LogP contribution < -0.4 is 0 Å². The average Bonchev–Trinajstić information content (AvgIpc) is 3.10. The molecule has 0 aromatic heterocycles. The lowest BCUT2D eigenvalue weighted by molar-refractivity contribution is -0.145. The van der Waals surface area contributed by atoms with E-state index in [9.17, 15) is 22.7 Å². The van der Waals surface area contributed by atoms with Crippen LogP contribution in [-0.2, 0) is 19.4 Å². The maximum atomic E-state index is 13.4. The van der Waals surface area contributed by atoms with E-state index in [1.54, 1.807) is 6.07 Å². The van der Waals surface area contributed by atoms with Crippen LogP contribution >= 0.6 is 0 Å². The van der Waals surface area contributed by atoms with Crippen LogP contribution in [0.5, 0.6) is 0 Å². The van der Waals surface area contributed by atoms with Crippen LogP contribution in [-0.4, -0.2) is 44.2 Å². The molecule has 0 amide bonds. The quantitative estimate of drug-likeness (QED) is 0.859. The van der Waals surface area contributed by atoms with Gasteiger partial charge in [-0.1, -0.05) is 19.1 Å². The highest BCUT2D eigenvalue weighted by molar-refractivity contribution is 7.92. The average molecular weight is 316 g/mol. The highest BCUT2D eigenvalue weighted by Gasteiger charge is 2.75. The summed E-state index contributed by atoms with van der Waals surface area (Å²) in [6, 6.07) is 5.40. The van der Waals surface area contributed by atoms with E-state index in [-0.39, 0.29) is 12.4 Å². The zero-order chi connectivity index (χ0) is 15.8. The molecule has 1 N–H and O–H groups in total. The maximum Gasteiger partial charge on any atom is 0.314 e. The second-order valence-corrected chi connectivity index (χ2v) is 7.59. The molecule has 1 aromatic carbocycles. The maximum absolute atomic E-state index is 13.4. The molecule has 1 fully saturated rings. The normalized spacial score (nSPS) is 28.3. The van der Waals surface area contributed by atoms with Crippen molar-refractivity contribution in [2.24, 2.45) is 5.41 Å².